The third kappa shape index (κ3) is 2.39. The number of nitrogens with zero attached hydrogens (tertiary/aromatic N) is 3. The summed E-state index contributed by atoms with van der Waals surface area (Å²) in [4.78, 5) is 8.19. The van der Waals surface area contributed by atoms with Crippen molar-refractivity contribution in [3.8, 4) is 11.1 Å². The summed E-state index contributed by atoms with van der Waals surface area (Å²) < 4.78 is 42.3. The molecular weight excluding hydrogens is 329 g/mol. The van der Waals surface area contributed by atoms with Crippen molar-refractivity contribution in [3.05, 3.63) is 54.4 Å². The van der Waals surface area contributed by atoms with Crippen LogP contribution in [0.2, 0.25) is 0 Å². The summed E-state index contributed by atoms with van der Waals surface area (Å²) in [7, 11) is 1.80. The van der Waals surface area contributed by atoms with E-state index in [-0.39, 0.29) is 11.5 Å². The number of nitrogen functional groups attached to an aromatic ring is 1. The van der Waals surface area contributed by atoms with Crippen LogP contribution in [-0.2, 0) is 13.2 Å². The van der Waals surface area contributed by atoms with E-state index >= 15 is 0 Å². The van der Waals surface area contributed by atoms with E-state index in [1.54, 1.807) is 36.1 Å². The number of anilines is 1. The molecule has 2 heterocycles. The number of hydrogen-bond acceptors (Lipinski definition) is 3. The van der Waals surface area contributed by atoms with Crippen molar-refractivity contribution in [3.63, 3.8) is 0 Å². The minimum atomic E-state index is -4.45. The quantitative estimate of drug-likeness (QED) is 0.558. The molecule has 4 rings (SSSR count). The monoisotopic (exact) mass is 342 g/mol. The summed E-state index contributed by atoms with van der Waals surface area (Å²) in [5.41, 5.74) is 6.75. The molecule has 4 aromatic rings. The minimum Gasteiger partial charge on any atom is -0.368 e. The highest BCUT2D eigenvalue weighted by Gasteiger charge is 2.34. The van der Waals surface area contributed by atoms with E-state index in [1.807, 2.05) is 6.07 Å². The summed E-state index contributed by atoms with van der Waals surface area (Å²) in [6.45, 7) is 0. The smallest absolute Gasteiger partial charge is 0.368 e. The van der Waals surface area contributed by atoms with Crippen molar-refractivity contribution in [1.29, 1.82) is 0 Å². The number of halogens is 3. The zero-order chi connectivity index (χ0) is 17.8. The highest BCUT2D eigenvalue weighted by molar-refractivity contribution is 6.12. The van der Waals surface area contributed by atoms with Crippen LogP contribution in [0.1, 0.15) is 5.56 Å². The van der Waals surface area contributed by atoms with E-state index in [4.69, 9.17) is 5.73 Å². The predicted octanol–water partition coefficient (Wildman–Crippen LogP) is 4.39. The van der Waals surface area contributed by atoms with Crippen LogP contribution in [0, 0.1) is 0 Å². The van der Waals surface area contributed by atoms with Gasteiger partial charge in [-0.3, -0.25) is 0 Å². The molecule has 0 atom stereocenters. The van der Waals surface area contributed by atoms with Crippen molar-refractivity contribution in [2.45, 2.75) is 6.18 Å². The lowest BCUT2D eigenvalue weighted by Crippen LogP contribution is -2.07. The van der Waals surface area contributed by atoms with E-state index in [0.29, 0.717) is 16.6 Å². The molecule has 2 aromatic carbocycles. The molecule has 0 radical (unpaired) electrons. The number of hydrogen-bond donors (Lipinski definition) is 1. The first kappa shape index (κ1) is 15.4. The molecule has 0 fully saturated rings. The van der Waals surface area contributed by atoms with Crippen LogP contribution in [0.3, 0.4) is 0 Å². The lowest BCUT2D eigenvalue weighted by atomic mass is 9.96. The second-order valence-electron chi connectivity index (χ2n) is 5.82. The number of nitrogens with two attached hydrogens (primary N) is 1. The van der Waals surface area contributed by atoms with Crippen molar-refractivity contribution < 1.29 is 13.2 Å². The number of aromatic nitrogens is 3. The van der Waals surface area contributed by atoms with Gasteiger partial charge in [0, 0.05) is 35.8 Å². The van der Waals surface area contributed by atoms with Gasteiger partial charge in [-0.1, -0.05) is 18.2 Å². The highest BCUT2D eigenvalue weighted by atomic mass is 19.4. The lowest BCUT2D eigenvalue weighted by Gasteiger charge is -2.15. The number of rotatable bonds is 1. The van der Waals surface area contributed by atoms with Gasteiger partial charge in [0.2, 0.25) is 5.95 Å². The minimum absolute atomic E-state index is 0.0813. The Balaban J connectivity index is 2.16. The third-order valence-corrected chi connectivity index (χ3v) is 4.26. The number of fused-ring (bicyclic) bond motifs is 3. The molecule has 0 aliphatic carbocycles. The van der Waals surface area contributed by atoms with E-state index in [2.05, 4.69) is 9.97 Å². The Labute approximate surface area is 140 Å². The van der Waals surface area contributed by atoms with E-state index in [1.165, 1.54) is 12.1 Å². The summed E-state index contributed by atoms with van der Waals surface area (Å²) in [5, 5.41) is 1.53. The van der Waals surface area contributed by atoms with Crippen molar-refractivity contribution >= 4 is 27.8 Å². The molecule has 7 heteroatoms. The van der Waals surface area contributed by atoms with Gasteiger partial charge in [0.1, 0.15) is 0 Å². The third-order valence-electron chi connectivity index (χ3n) is 4.26. The zero-order valence-corrected chi connectivity index (χ0v) is 13.2. The Bertz CT molecular complexity index is 1110. The molecule has 0 spiro atoms. The first-order valence-electron chi connectivity index (χ1n) is 7.53. The lowest BCUT2D eigenvalue weighted by molar-refractivity contribution is -0.137. The fraction of sp³-hybridized carbons (Fsp3) is 0.111. The van der Waals surface area contributed by atoms with Crippen LogP contribution >= 0.6 is 0 Å². The van der Waals surface area contributed by atoms with Crippen molar-refractivity contribution in [1.82, 2.24) is 14.5 Å². The fourth-order valence-corrected chi connectivity index (χ4v) is 3.18. The summed E-state index contributed by atoms with van der Waals surface area (Å²) in [6, 6.07) is 9.02. The topological polar surface area (TPSA) is 56.7 Å². The Kier molecular flexibility index (Phi) is 3.21. The average Bonchev–Trinajstić information content (AvgIpc) is 2.95. The molecule has 0 aliphatic rings. The normalized spacial score (nSPS) is 12.2. The molecule has 0 bridgehead atoms. The Hall–Kier alpha value is -3.09. The molecule has 0 unspecified atom stereocenters. The Morgan fingerprint density at radius 1 is 1.04 bits per heavy atom. The molecule has 2 N–H and O–H groups in total. The van der Waals surface area contributed by atoms with Crippen LogP contribution in [0.25, 0.3) is 32.9 Å². The molecule has 0 amide bonds. The fourth-order valence-electron chi connectivity index (χ4n) is 3.18. The van der Waals surface area contributed by atoms with Crippen LogP contribution in [-0.4, -0.2) is 14.5 Å². The molecule has 0 aliphatic heterocycles. The van der Waals surface area contributed by atoms with Gasteiger partial charge >= 0.3 is 6.18 Å². The van der Waals surface area contributed by atoms with Crippen LogP contribution in [0.15, 0.2) is 48.8 Å². The number of benzene rings is 2. The van der Waals surface area contributed by atoms with Gasteiger partial charge in [0.15, 0.2) is 0 Å². The molecular formula is C18H13F3N4. The summed E-state index contributed by atoms with van der Waals surface area (Å²) >= 11 is 0. The number of alkyl halides is 3. The maximum atomic E-state index is 13.5. The molecule has 126 valence electrons. The maximum Gasteiger partial charge on any atom is 0.417 e. The first-order valence-corrected chi connectivity index (χ1v) is 7.53. The average molecular weight is 342 g/mol. The zero-order valence-electron chi connectivity index (χ0n) is 13.2. The molecule has 0 saturated heterocycles. The summed E-state index contributed by atoms with van der Waals surface area (Å²) in [5.74, 6) is 0.0813. The van der Waals surface area contributed by atoms with Crippen LogP contribution in [0.5, 0.6) is 0 Å². The van der Waals surface area contributed by atoms with Crippen LogP contribution < -0.4 is 5.73 Å². The van der Waals surface area contributed by atoms with Gasteiger partial charge in [-0.15, -0.1) is 0 Å². The molecule has 25 heavy (non-hydrogen) atoms. The van der Waals surface area contributed by atoms with Gasteiger partial charge < -0.3 is 10.3 Å². The molecule has 2 aromatic heterocycles. The first-order chi connectivity index (χ1) is 11.9. The SMILES string of the molecule is Cn1ccc2c3cnc(N)nc3cc(-c3ccccc3C(F)(F)F)c21. The van der Waals surface area contributed by atoms with Gasteiger partial charge in [-0.25, -0.2) is 9.97 Å². The standard InChI is InChI=1S/C18H13F3N4/c1-25-7-6-11-13-9-23-17(22)24-15(13)8-12(16(11)25)10-4-2-3-5-14(10)18(19,20)21/h2-9H,1H3,(H2,22,23,24). The largest absolute Gasteiger partial charge is 0.417 e. The predicted molar refractivity (Wildman–Crippen MR) is 90.9 cm³/mol. The van der Waals surface area contributed by atoms with Crippen molar-refractivity contribution in [2.75, 3.05) is 5.73 Å². The van der Waals surface area contributed by atoms with Gasteiger partial charge in [0.25, 0.3) is 0 Å². The van der Waals surface area contributed by atoms with E-state index in [9.17, 15) is 13.2 Å². The Morgan fingerprint density at radius 3 is 2.56 bits per heavy atom. The highest BCUT2D eigenvalue weighted by Crippen LogP contribution is 2.41. The molecule has 0 saturated carbocycles. The van der Waals surface area contributed by atoms with Gasteiger partial charge in [0.05, 0.1) is 16.6 Å². The van der Waals surface area contributed by atoms with Gasteiger partial charge in [-0.05, 0) is 23.8 Å². The van der Waals surface area contributed by atoms with Gasteiger partial charge in [-0.2, -0.15) is 13.2 Å². The maximum absolute atomic E-state index is 13.5. The molecule has 4 nitrogen and oxygen atoms in total. The second-order valence-corrected chi connectivity index (χ2v) is 5.82. The summed E-state index contributed by atoms with van der Waals surface area (Å²) in [6.07, 6.45) is -1.05. The van der Waals surface area contributed by atoms with Crippen molar-refractivity contribution in [2.24, 2.45) is 7.05 Å². The Morgan fingerprint density at radius 2 is 1.80 bits per heavy atom. The van der Waals surface area contributed by atoms with E-state index in [0.717, 1.165) is 16.8 Å². The van der Waals surface area contributed by atoms with E-state index < -0.39 is 11.7 Å². The van der Waals surface area contributed by atoms with Crippen LogP contribution in [0.4, 0.5) is 19.1 Å². The second kappa shape index (κ2) is 5.20. The number of aryl methyl sites for hydroxylation is 1.